The van der Waals surface area contributed by atoms with Gasteiger partial charge in [-0.25, -0.2) is 0 Å². The van der Waals surface area contributed by atoms with Gasteiger partial charge in [-0.15, -0.1) is 0 Å². The minimum absolute atomic E-state index is 0.147. The number of aliphatic hydroxyl groups excluding tert-OH is 1. The van der Waals surface area contributed by atoms with Crippen molar-refractivity contribution in [3.63, 3.8) is 0 Å². The second-order valence-electron chi connectivity index (χ2n) is 13.2. The van der Waals surface area contributed by atoms with Gasteiger partial charge in [-0.05, 0) is 104 Å². The van der Waals surface area contributed by atoms with E-state index >= 15 is 0 Å². The van der Waals surface area contributed by atoms with Crippen molar-refractivity contribution in [2.24, 2.45) is 52.3 Å². The maximum absolute atomic E-state index is 10.4. The highest BCUT2D eigenvalue weighted by atomic mass is 16.5. The van der Waals surface area contributed by atoms with Gasteiger partial charge in [0.1, 0.15) is 0 Å². The lowest BCUT2D eigenvalue weighted by Gasteiger charge is -2.60. The molecule has 0 heterocycles. The molecule has 0 radical (unpaired) electrons. The Labute approximate surface area is 199 Å². The summed E-state index contributed by atoms with van der Waals surface area (Å²) in [6.07, 6.45) is 15.3. The Morgan fingerprint density at radius 3 is 2.44 bits per heavy atom. The molecule has 1 N–H and O–H groups in total. The van der Waals surface area contributed by atoms with E-state index < -0.39 is 0 Å². The minimum Gasteiger partial charge on any atom is -0.393 e. The predicted octanol–water partition coefficient (Wildman–Crippen LogP) is 7.65. The summed E-state index contributed by atoms with van der Waals surface area (Å²) >= 11 is 0. The second-order valence-corrected chi connectivity index (χ2v) is 13.2. The molecule has 4 rings (SSSR count). The van der Waals surface area contributed by atoms with E-state index in [4.69, 9.17) is 4.74 Å². The molecule has 0 aromatic rings. The van der Waals surface area contributed by atoms with Crippen molar-refractivity contribution >= 4 is 0 Å². The van der Waals surface area contributed by atoms with E-state index in [1.807, 2.05) is 7.11 Å². The van der Waals surface area contributed by atoms with Gasteiger partial charge in [-0.3, -0.25) is 0 Å². The van der Waals surface area contributed by atoms with Gasteiger partial charge in [0.05, 0.1) is 12.2 Å². The van der Waals surface area contributed by atoms with Crippen LogP contribution < -0.4 is 0 Å². The molecule has 0 aromatic carbocycles. The van der Waals surface area contributed by atoms with Gasteiger partial charge in [-0.2, -0.15) is 0 Å². The fourth-order valence-corrected chi connectivity index (χ4v) is 9.49. The lowest BCUT2D eigenvalue weighted by Crippen LogP contribution is -2.55. The van der Waals surface area contributed by atoms with E-state index in [0.29, 0.717) is 11.3 Å². The predicted molar refractivity (Wildman–Crippen MR) is 134 cm³/mol. The van der Waals surface area contributed by atoms with E-state index in [-0.39, 0.29) is 17.6 Å². The largest absolute Gasteiger partial charge is 0.393 e. The molecular formula is C30H52O2. The van der Waals surface area contributed by atoms with Crippen LogP contribution in [-0.4, -0.2) is 24.4 Å². The lowest BCUT2D eigenvalue weighted by atomic mass is 9.46. The highest BCUT2D eigenvalue weighted by Crippen LogP contribution is 2.67. The first-order valence-corrected chi connectivity index (χ1v) is 14.1. The van der Waals surface area contributed by atoms with Crippen molar-refractivity contribution in [2.75, 3.05) is 7.11 Å². The molecule has 2 nitrogen and oxygen atoms in total. The maximum Gasteiger partial charge on any atom is 0.0788 e. The molecule has 0 amide bonds. The van der Waals surface area contributed by atoms with Gasteiger partial charge >= 0.3 is 0 Å². The van der Waals surface area contributed by atoms with E-state index in [9.17, 15) is 5.11 Å². The molecular weight excluding hydrogens is 392 g/mol. The van der Waals surface area contributed by atoms with Crippen LogP contribution in [0, 0.1) is 52.3 Å². The van der Waals surface area contributed by atoms with Crippen LogP contribution in [-0.2, 0) is 4.74 Å². The Morgan fingerprint density at radius 1 is 1.03 bits per heavy atom. The van der Waals surface area contributed by atoms with E-state index in [0.717, 1.165) is 54.8 Å². The zero-order chi connectivity index (χ0) is 23.3. The van der Waals surface area contributed by atoms with Crippen LogP contribution in [0.25, 0.3) is 0 Å². The van der Waals surface area contributed by atoms with Gasteiger partial charge in [0.2, 0.25) is 0 Å². The van der Waals surface area contributed by atoms with Crippen LogP contribution in [0.1, 0.15) is 106 Å². The van der Waals surface area contributed by atoms with E-state index in [2.05, 4.69) is 47.6 Å². The van der Waals surface area contributed by atoms with Crippen molar-refractivity contribution in [3.8, 4) is 0 Å². The monoisotopic (exact) mass is 444 g/mol. The highest BCUT2D eigenvalue weighted by Gasteiger charge is 2.61. The summed E-state index contributed by atoms with van der Waals surface area (Å²) in [5.74, 6) is 5.62. The first-order valence-electron chi connectivity index (χ1n) is 14.1. The Hall–Kier alpha value is -0.340. The number of rotatable bonds is 7. The standard InChI is InChI=1S/C30H52O2/c1-8-21(19(2)3)10-9-20(4)24-11-12-25-28-26(14-16-30(24,25)6)29(5)15-13-23(31)17-22(29)18-27(28)32-7/h18-21,23-28,31H,8-17H2,1-7H3/t20-,21?,23+,24-,25+,26+,27-,28+,29+,30-/m1/s1. The molecule has 2 heteroatoms. The molecule has 4 aliphatic rings. The molecule has 3 fully saturated rings. The molecule has 0 aliphatic heterocycles. The number of ether oxygens (including phenoxy) is 1. The molecule has 0 spiro atoms. The summed E-state index contributed by atoms with van der Waals surface area (Å²) in [5.41, 5.74) is 2.28. The Morgan fingerprint density at radius 2 is 1.78 bits per heavy atom. The number of hydrogen-bond donors (Lipinski definition) is 1. The Balaban J connectivity index is 1.54. The van der Waals surface area contributed by atoms with Crippen molar-refractivity contribution in [3.05, 3.63) is 11.6 Å². The lowest BCUT2D eigenvalue weighted by molar-refractivity contribution is -0.106. The fraction of sp³-hybridized carbons (Fsp3) is 0.933. The molecule has 184 valence electrons. The number of hydrogen-bond acceptors (Lipinski definition) is 2. The number of aliphatic hydroxyl groups is 1. The van der Waals surface area contributed by atoms with Gasteiger partial charge in [0.25, 0.3) is 0 Å². The maximum atomic E-state index is 10.4. The minimum atomic E-state index is -0.147. The van der Waals surface area contributed by atoms with Crippen LogP contribution in [0.5, 0.6) is 0 Å². The third kappa shape index (κ3) is 4.04. The third-order valence-electron chi connectivity index (χ3n) is 11.6. The summed E-state index contributed by atoms with van der Waals surface area (Å²) in [6.45, 7) is 15.0. The molecule has 4 aliphatic carbocycles. The topological polar surface area (TPSA) is 29.5 Å². The summed E-state index contributed by atoms with van der Waals surface area (Å²) in [4.78, 5) is 0. The zero-order valence-electron chi connectivity index (χ0n) is 22.2. The smallest absolute Gasteiger partial charge is 0.0788 e. The van der Waals surface area contributed by atoms with Crippen LogP contribution in [0.2, 0.25) is 0 Å². The third-order valence-corrected chi connectivity index (χ3v) is 11.6. The molecule has 0 saturated heterocycles. The van der Waals surface area contributed by atoms with Crippen LogP contribution in [0.4, 0.5) is 0 Å². The van der Waals surface area contributed by atoms with Crippen LogP contribution in [0.3, 0.4) is 0 Å². The summed E-state index contributed by atoms with van der Waals surface area (Å²) < 4.78 is 6.20. The number of fused-ring (bicyclic) bond motifs is 5. The first kappa shape index (κ1) is 24.8. The SMILES string of the molecule is CCC(CC[C@@H](C)[C@H]1CC[C@H]2[C@@H]3[C@H](OC)C=C4C[C@@H](O)CC[C@]4(C)[C@H]3CC[C@]12C)C(C)C. The van der Waals surface area contributed by atoms with Crippen LogP contribution >= 0.6 is 0 Å². The van der Waals surface area contributed by atoms with Crippen molar-refractivity contribution in [1.29, 1.82) is 0 Å². The van der Waals surface area contributed by atoms with Gasteiger partial charge in [0, 0.05) is 7.11 Å². The van der Waals surface area contributed by atoms with E-state index in [1.165, 1.54) is 50.5 Å². The van der Waals surface area contributed by atoms with Crippen LogP contribution in [0.15, 0.2) is 11.6 Å². The highest BCUT2D eigenvalue weighted by molar-refractivity contribution is 5.28. The van der Waals surface area contributed by atoms with Gasteiger partial charge in [-0.1, -0.05) is 66.0 Å². The van der Waals surface area contributed by atoms with Crippen molar-refractivity contribution in [2.45, 2.75) is 118 Å². The molecule has 0 aromatic heterocycles. The molecule has 3 saturated carbocycles. The summed E-state index contributed by atoms with van der Waals surface area (Å²) in [7, 11) is 1.93. The fourth-order valence-electron chi connectivity index (χ4n) is 9.49. The number of methoxy groups -OCH3 is 1. The van der Waals surface area contributed by atoms with E-state index in [1.54, 1.807) is 0 Å². The van der Waals surface area contributed by atoms with Crippen molar-refractivity contribution < 1.29 is 9.84 Å². The van der Waals surface area contributed by atoms with Crippen molar-refractivity contribution in [1.82, 2.24) is 0 Å². The molecule has 0 bridgehead atoms. The normalized spacial score (nSPS) is 45.6. The quantitative estimate of drug-likeness (QED) is 0.409. The first-order chi connectivity index (χ1) is 15.2. The molecule has 10 atom stereocenters. The summed E-state index contributed by atoms with van der Waals surface area (Å²) in [6, 6.07) is 0. The second kappa shape index (κ2) is 9.37. The average molecular weight is 445 g/mol. The molecule has 32 heavy (non-hydrogen) atoms. The Kier molecular flexibility index (Phi) is 7.25. The summed E-state index contributed by atoms with van der Waals surface area (Å²) in [5, 5.41) is 10.4. The Bertz CT molecular complexity index is 682. The van der Waals surface area contributed by atoms with Gasteiger partial charge < -0.3 is 9.84 Å². The zero-order valence-corrected chi connectivity index (χ0v) is 22.2. The average Bonchev–Trinajstić information content (AvgIpc) is 3.11. The van der Waals surface area contributed by atoms with Gasteiger partial charge in [0.15, 0.2) is 0 Å². The molecule has 1 unspecified atom stereocenters.